The Bertz CT molecular complexity index is 680. The van der Waals surface area contributed by atoms with Gasteiger partial charge in [-0.05, 0) is 31.5 Å². The minimum atomic E-state index is -3.70. The van der Waals surface area contributed by atoms with E-state index in [-0.39, 0.29) is 22.4 Å². The summed E-state index contributed by atoms with van der Waals surface area (Å²) in [5.74, 6) is -0.351. The van der Waals surface area contributed by atoms with Crippen molar-refractivity contribution in [1.82, 2.24) is 14.9 Å². The van der Waals surface area contributed by atoms with Crippen LogP contribution in [0.1, 0.15) is 23.2 Å². The van der Waals surface area contributed by atoms with E-state index in [1.54, 1.807) is 18.2 Å². The highest BCUT2D eigenvalue weighted by molar-refractivity contribution is 7.89. The fourth-order valence-electron chi connectivity index (χ4n) is 3.05. The molecule has 2 fully saturated rings. The summed E-state index contributed by atoms with van der Waals surface area (Å²) in [4.78, 5) is 12.6. The summed E-state index contributed by atoms with van der Waals surface area (Å²) < 4.78 is 32.3. The Morgan fingerprint density at radius 3 is 2.75 bits per heavy atom. The minimum Gasteiger partial charge on any atom is -0.379 e. The van der Waals surface area contributed by atoms with E-state index in [2.05, 4.69) is 10.6 Å². The summed E-state index contributed by atoms with van der Waals surface area (Å²) >= 11 is 0. The van der Waals surface area contributed by atoms with E-state index >= 15 is 0 Å². The van der Waals surface area contributed by atoms with Gasteiger partial charge in [0.1, 0.15) is 0 Å². The van der Waals surface area contributed by atoms with Crippen LogP contribution in [0.4, 0.5) is 0 Å². The molecule has 8 heteroatoms. The number of carbonyl (C=O) groups excluding carboxylic acids is 1. The maximum atomic E-state index is 12.9. The Morgan fingerprint density at radius 2 is 2.04 bits per heavy atom. The van der Waals surface area contributed by atoms with E-state index in [0.717, 1.165) is 19.4 Å². The van der Waals surface area contributed by atoms with Gasteiger partial charge in [-0.15, -0.1) is 0 Å². The lowest BCUT2D eigenvalue weighted by molar-refractivity contribution is 0.0730. The summed E-state index contributed by atoms with van der Waals surface area (Å²) in [5, 5.41) is 6.15. The molecule has 2 heterocycles. The number of hydrogen-bond donors (Lipinski definition) is 2. The molecule has 0 saturated carbocycles. The lowest BCUT2D eigenvalue weighted by atomic mass is 10.2. The zero-order chi connectivity index (χ0) is 17.0. The van der Waals surface area contributed by atoms with Gasteiger partial charge in [0.15, 0.2) is 0 Å². The molecule has 2 N–H and O–H groups in total. The number of hydrogen-bond acceptors (Lipinski definition) is 5. The highest BCUT2D eigenvalue weighted by Crippen LogP contribution is 2.21. The number of nitrogens with zero attached hydrogens (tertiary/aromatic N) is 1. The van der Waals surface area contributed by atoms with Gasteiger partial charge in [0.25, 0.3) is 5.91 Å². The smallest absolute Gasteiger partial charge is 0.252 e. The Balaban J connectivity index is 1.77. The van der Waals surface area contributed by atoms with Gasteiger partial charge in [0.05, 0.1) is 23.7 Å². The second kappa shape index (κ2) is 7.60. The topological polar surface area (TPSA) is 87.7 Å². The fraction of sp³-hybridized carbons (Fsp3) is 0.562. The summed E-state index contributed by atoms with van der Waals surface area (Å²) in [5.41, 5.74) is 0.196. The van der Waals surface area contributed by atoms with E-state index in [9.17, 15) is 13.2 Å². The Labute approximate surface area is 142 Å². The van der Waals surface area contributed by atoms with Crippen molar-refractivity contribution in [1.29, 1.82) is 0 Å². The van der Waals surface area contributed by atoms with Gasteiger partial charge in [-0.2, -0.15) is 4.31 Å². The Kier molecular flexibility index (Phi) is 5.50. The molecule has 0 radical (unpaired) electrons. The molecule has 1 aromatic rings. The van der Waals surface area contributed by atoms with Crippen LogP contribution in [0.15, 0.2) is 29.2 Å². The molecule has 0 bridgehead atoms. The molecule has 0 aliphatic carbocycles. The summed E-state index contributed by atoms with van der Waals surface area (Å²) in [6.45, 7) is 2.84. The van der Waals surface area contributed by atoms with Crippen molar-refractivity contribution >= 4 is 15.9 Å². The predicted molar refractivity (Wildman–Crippen MR) is 89.4 cm³/mol. The first-order chi connectivity index (χ1) is 11.6. The van der Waals surface area contributed by atoms with Gasteiger partial charge in [0.2, 0.25) is 10.0 Å². The second-order valence-electron chi connectivity index (χ2n) is 6.02. The molecule has 1 unspecified atom stereocenters. The number of morpholine rings is 1. The maximum Gasteiger partial charge on any atom is 0.252 e. The largest absolute Gasteiger partial charge is 0.379 e. The normalized spacial score (nSPS) is 22.4. The van der Waals surface area contributed by atoms with Crippen molar-refractivity contribution in [3.63, 3.8) is 0 Å². The second-order valence-corrected chi connectivity index (χ2v) is 7.92. The Morgan fingerprint density at radius 1 is 1.29 bits per heavy atom. The van der Waals surface area contributed by atoms with Crippen LogP contribution in [0, 0.1) is 0 Å². The van der Waals surface area contributed by atoms with Crippen molar-refractivity contribution in [2.75, 3.05) is 39.4 Å². The number of rotatable bonds is 5. The molecule has 0 aromatic heterocycles. The van der Waals surface area contributed by atoms with Gasteiger partial charge in [-0.3, -0.25) is 4.79 Å². The van der Waals surface area contributed by atoms with Crippen molar-refractivity contribution in [3.8, 4) is 0 Å². The van der Waals surface area contributed by atoms with Gasteiger partial charge >= 0.3 is 0 Å². The molecule has 1 atom stereocenters. The lowest BCUT2D eigenvalue weighted by Crippen LogP contribution is -2.42. The Hall–Kier alpha value is -1.48. The highest BCUT2D eigenvalue weighted by atomic mass is 32.2. The van der Waals surface area contributed by atoms with E-state index in [1.165, 1.54) is 10.4 Å². The van der Waals surface area contributed by atoms with E-state index < -0.39 is 10.0 Å². The quantitative estimate of drug-likeness (QED) is 0.789. The number of nitrogens with one attached hydrogen (secondary N) is 2. The van der Waals surface area contributed by atoms with Crippen LogP contribution in [0.3, 0.4) is 0 Å². The van der Waals surface area contributed by atoms with Gasteiger partial charge < -0.3 is 15.4 Å². The zero-order valence-electron chi connectivity index (χ0n) is 13.5. The van der Waals surface area contributed by atoms with Crippen molar-refractivity contribution < 1.29 is 17.9 Å². The third-order valence-corrected chi connectivity index (χ3v) is 6.35. The first-order valence-electron chi connectivity index (χ1n) is 8.27. The summed E-state index contributed by atoms with van der Waals surface area (Å²) in [6, 6.07) is 6.64. The summed E-state index contributed by atoms with van der Waals surface area (Å²) in [7, 11) is -3.70. The van der Waals surface area contributed by atoms with Crippen LogP contribution < -0.4 is 10.6 Å². The maximum absolute atomic E-state index is 12.9. The van der Waals surface area contributed by atoms with E-state index in [1.807, 2.05) is 0 Å². The highest BCUT2D eigenvalue weighted by Gasteiger charge is 2.30. The third-order valence-electron chi connectivity index (χ3n) is 4.39. The lowest BCUT2D eigenvalue weighted by Gasteiger charge is -2.26. The zero-order valence-corrected chi connectivity index (χ0v) is 14.3. The monoisotopic (exact) mass is 353 g/mol. The standard InChI is InChI=1S/C16H23N3O4S/c20-16(18-12-13-4-3-7-17-13)14-5-1-2-6-15(14)24(21,22)19-8-10-23-11-9-19/h1-2,5-6,13,17H,3-4,7-12H2,(H,18,20). The van der Waals surface area contributed by atoms with Crippen LogP contribution >= 0.6 is 0 Å². The predicted octanol–water partition coefficient (Wildman–Crippen LogP) is 0.189. The van der Waals surface area contributed by atoms with E-state index in [0.29, 0.717) is 32.8 Å². The van der Waals surface area contributed by atoms with Crippen molar-refractivity contribution in [2.45, 2.75) is 23.8 Å². The fourth-order valence-corrected chi connectivity index (χ4v) is 4.64. The molecule has 132 valence electrons. The molecule has 3 rings (SSSR count). The van der Waals surface area contributed by atoms with Gasteiger partial charge in [0, 0.05) is 25.7 Å². The van der Waals surface area contributed by atoms with Gasteiger partial charge in [-0.25, -0.2) is 8.42 Å². The van der Waals surface area contributed by atoms with Crippen molar-refractivity contribution in [3.05, 3.63) is 29.8 Å². The molecule has 2 aliphatic rings. The van der Waals surface area contributed by atoms with E-state index in [4.69, 9.17) is 4.74 Å². The number of benzene rings is 1. The van der Waals surface area contributed by atoms with Crippen LogP contribution in [-0.2, 0) is 14.8 Å². The van der Waals surface area contributed by atoms with Crippen LogP contribution in [0.2, 0.25) is 0 Å². The summed E-state index contributed by atoms with van der Waals surface area (Å²) in [6.07, 6.45) is 2.12. The molecule has 24 heavy (non-hydrogen) atoms. The molecule has 1 aromatic carbocycles. The number of carbonyl (C=O) groups is 1. The average molecular weight is 353 g/mol. The SMILES string of the molecule is O=C(NCC1CCCN1)c1ccccc1S(=O)(=O)N1CCOCC1. The molecule has 0 spiro atoms. The number of amides is 1. The molecule has 2 saturated heterocycles. The molecular formula is C16H23N3O4S. The van der Waals surface area contributed by atoms with Crippen LogP contribution in [0.25, 0.3) is 0 Å². The average Bonchev–Trinajstić information content (AvgIpc) is 3.14. The number of ether oxygens (including phenoxy) is 1. The van der Waals surface area contributed by atoms with Crippen molar-refractivity contribution in [2.24, 2.45) is 0 Å². The van der Waals surface area contributed by atoms with Crippen LogP contribution in [0.5, 0.6) is 0 Å². The first kappa shape index (κ1) is 17.3. The molecule has 1 amide bonds. The molecule has 7 nitrogen and oxygen atoms in total. The first-order valence-corrected chi connectivity index (χ1v) is 9.71. The number of sulfonamides is 1. The molecule has 2 aliphatic heterocycles. The third kappa shape index (κ3) is 3.77. The minimum absolute atomic E-state index is 0.0591. The van der Waals surface area contributed by atoms with Gasteiger partial charge in [-0.1, -0.05) is 12.1 Å². The van der Waals surface area contributed by atoms with Crippen LogP contribution in [-0.4, -0.2) is 64.1 Å². The molecular weight excluding hydrogens is 330 g/mol.